The zero-order valence-corrected chi connectivity index (χ0v) is 20.7. The van der Waals surface area contributed by atoms with Crippen molar-refractivity contribution in [1.29, 1.82) is 0 Å². The van der Waals surface area contributed by atoms with Gasteiger partial charge in [0.15, 0.2) is 0 Å². The highest BCUT2D eigenvalue weighted by molar-refractivity contribution is 5.76. The molecule has 1 aliphatic heterocycles. The zero-order chi connectivity index (χ0) is 23.1. The highest BCUT2D eigenvalue weighted by atomic mass is 16.2. The Hall–Kier alpha value is -1.73. The van der Waals surface area contributed by atoms with Crippen molar-refractivity contribution >= 4 is 11.9 Å². The number of carbonyl (C=O) groups excluding carboxylic acids is 1. The number of nitrogens with zero attached hydrogens (tertiary/aromatic N) is 5. The largest absolute Gasteiger partial charge is 0.368 e. The quantitative estimate of drug-likeness (QED) is 0.565. The predicted molar refractivity (Wildman–Crippen MR) is 130 cm³/mol. The molecule has 0 radical (unpaired) electrons. The van der Waals surface area contributed by atoms with Gasteiger partial charge in [0.05, 0.1) is 0 Å². The summed E-state index contributed by atoms with van der Waals surface area (Å²) in [6.45, 7) is 15.8. The van der Waals surface area contributed by atoms with Gasteiger partial charge >= 0.3 is 0 Å². The van der Waals surface area contributed by atoms with Crippen molar-refractivity contribution in [3.8, 4) is 0 Å². The first-order valence-electron chi connectivity index (χ1n) is 12.8. The summed E-state index contributed by atoms with van der Waals surface area (Å²) in [5.74, 6) is 1.67. The molecule has 1 aromatic rings. The summed E-state index contributed by atoms with van der Waals surface area (Å²) in [5.41, 5.74) is 8.23. The molecule has 0 spiro atoms. The van der Waals surface area contributed by atoms with Crippen LogP contribution in [0.15, 0.2) is 6.20 Å². The zero-order valence-electron chi connectivity index (χ0n) is 20.7. The third kappa shape index (κ3) is 6.19. The summed E-state index contributed by atoms with van der Waals surface area (Å²) in [7, 11) is 0. The van der Waals surface area contributed by atoms with E-state index in [1.165, 1.54) is 5.56 Å². The van der Waals surface area contributed by atoms with Gasteiger partial charge < -0.3 is 15.5 Å². The fourth-order valence-electron chi connectivity index (χ4n) is 5.77. The molecule has 1 amide bonds. The van der Waals surface area contributed by atoms with E-state index in [0.717, 1.165) is 83.6 Å². The van der Waals surface area contributed by atoms with Gasteiger partial charge in [-0.15, -0.1) is 0 Å². The van der Waals surface area contributed by atoms with Crippen LogP contribution in [0.1, 0.15) is 64.6 Å². The lowest BCUT2D eigenvalue weighted by atomic mass is 9.73. The third-order valence-corrected chi connectivity index (χ3v) is 7.50. The smallest absolute Gasteiger partial charge is 0.222 e. The number of piperidine rings is 1. The van der Waals surface area contributed by atoms with Crippen LogP contribution in [0.3, 0.4) is 0 Å². The molecule has 0 aromatic carbocycles. The van der Waals surface area contributed by atoms with Crippen LogP contribution < -0.4 is 5.73 Å². The van der Waals surface area contributed by atoms with Crippen molar-refractivity contribution in [2.75, 3.05) is 51.5 Å². The van der Waals surface area contributed by atoms with Gasteiger partial charge in [0.25, 0.3) is 0 Å². The molecule has 2 aliphatic rings. The molecule has 1 aromatic heterocycles. The second-order valence-corrected chi connectivity index (χ2v) is 9.59. The number of nitrogen functional groups attached to an aromatic ring is 1. The number of nitrogens with two attached hydrogens (primary N) is 1. The maximum absolute atomic E-state index is 13.2. The average molecular weight is 445 g/mol. The van der Waals surface area contributed by atoms with E-state index in [4.69, 9.17) is 5.73 Å². The molecular formula is C25H44N6O. The summed E-state index contributed by atoms with van der Waals surface area (Å²) in [4.78, 5) is 29.1. The number of hydrogen-bond donors (Lipinski definition) is 1. The molecule has 3 atom stereocenters. The maximum atomic E-state index is 13.2. The fraction of sp³-hybridized carbons (Fsp3) is 0.800. The predicted octanol–water partition coefficient (Wildman–Crippen LogP) is 2.84. The van der Waals surface area contributed by atoms with Gasteiger partial charge in [0, 0.05) is 44.0 Å². The molecule has 1 aliphatic carbocycles. The van der Waals surface area contributed by atoms with Crippen LogP contribution in [0.2, 0.25) is 0 Å². The Morgan fingerprint density at radius 1 is 1.16 bits per heavy atom. The molecule has 3 rings (SSSR count). The molecule has 2 heterocycles. The van der Waals surface area contributed by atoms with Crippen molar-refractivity contribution in [3.05, 3.63) is 17.5 Å². The van der Waals surface area contributed by atoms with E-state index < -0.39 is 0 Å². The number of amides is 1. The number of hydrogen-bond acceptors (Lipinski definition) is 6. The Kier molecular flexibility index (Phi) is 9.29. The second kappa shape index (κ2) is 11.9. The Labute approximate surface area is 194 Å². The van der Waals surface area contributed by atoms with Crippen molar-refractivity contribution in [2.24, 2.45) is 11.8 Å². The van der Waals surface area contributed by atoms with Crippen LogP contribution in [0.25, 0.3) is 0 Å². The lowest BCUT2D eigenvalue weighted by molar-refractivity contribution is -0.133. The Bertz CT molecular complexity index is 737. The number of likely N-dealkylation sites (tertiary alicyclic amines) is 1. The van der Waals surface area contributed by atoms with E-state index in [9.17, 15) is 4.79 Å². The molecule has 7 heteroatoms. The third-order valence-electron chi connectivity index (χ3n) is 7.50. The van der Waals surface area contributed by atoms with Gasteiger partial charge in [-0.3, -0.25) is 9.69 Å². The topological polar surface area (TPSA) is 78.6 Å². The minimum Gasteiger partial charge on any atom is -0.368 e. The van der Waals surface area contributed by atoms with Gasteiger partial charge in [0.2, 0.25) is 11.9 Å². The highest BCUT2D eigenvalue weighted by Gasteiger charge is 2.40. The van der Waals surface area contributed by atoms with E-state index in [1.54, 1.807) is 0 Å². The van der Waals surface area contributed by atoms with E-state index in [0.29, 0.717) is 36.2 Å². The standard InChI is InChI=1S/C25H44N6O/c1-5-10-31-18-19(14-24(32)30(8-4)12-9-11-29(6-2)7-3)13-20-15-22-21(16-23(20)31)17-27-25(26)28-22/h17,19-20,23H,5-16,18H2,1-4H3,(H2,26,27,28)/t19-,20-,23-/m1/s1. The van der Waals surface area contributed by atoms with Crippen molar-refractivity contribution in [1.82, 2.24) is 24.7 Å². The van der Waals surface area contributed by atoms with Crippen LogP contribution in [0.5, 0.6) is 0 Å². The molecular weight excluding hydrogens is 400 g/mol. The van der Waals surface area contributed by atoms with Crippen LogP contribution in [0.4, 0.5) is 5.95 Å². The first-order chi connectivity index (χ1) is 15.5. The average Bonchev–Trinajstić information content (AvgIpc) is 2.78. The first-order valence-corrected chi connectivity index (χ1v) is 12.8. The lowest BCUT2D eigenvalue weighted by Crippen LogP contribution is -2.53. The fourth-order valence-corrected chi connectivity index (χ4v) is 5.77. The maximum Gasteiger partial charge on any atom is 0.222 e. The molecule has 2 N–H and O–H groups in total. The second-order valence-electron chi connectivity index (χ2n) is 9.59. The summed E-state index contributed by atoms with van der Waals surface area (Å²) in [5, 5.41) is 0. The van der Waals surface area contributed by atoms with Crippen LogP contribution >= 0.6 is 0 Å². The van der Waals surface area contributed by atoms with E-state index in [1.807, 2.05) is 6.20 Å². The van der Waals surface area contributed by atoms with Gasteiger partial charge in [-0.25, -0.2) is 9.97 Å². The minimum absolute atomic E-state index is 0.328. The van der Waals surface area contributed by atoms with E-state index >= 15 is 0 Å². The monoisotopic (exact) mass is 444 g/mol. The summed E-state index contributed by atoms with van der Waals surface area (Å²) >= 11 is 0. The molecule has 180 valence electrons. The number of fused-ring (bicyclic) bond motifs is 2. The Morgan fingerprint density at radius 3 is 2.62 bits per heavy atom. The number of anilines is 1. The SMILES string of the molecule is CCCN1C[C@@H](CC(=O)N(CC)CCCN(CC)CC)C[C@@H]2Cc3nc(N)ncc3C[C@H]21. The minimum atomic E-state index is 0.328. The van der Waals surface area contributed by atoms with Crippen molar-refractivity contribution in [3.63, 3.8) is 0 Å². The Morgan fingerprint density at radius 2 is 1.94 bits per heavy atom. The molecule has 1 fully saturated rings. The normalized spacial score (nSPS) is 23.1. The van der Waals surface area contributed by atoms with Gasteiger partial charge in [-0.2, -0.15) is 0 Å². The summed E-state index contributed by atoms with van der Waals surface area (Å²) in [6.07, 6.45) is 7.85. The van der Waals surface area contributed by atoms with Gasteiger partial charge in [0.1, 0.15) is 0 Å². The molecule has 0 unspecified atom stereocenters. The number of rotatable bonds is 11. The van der Waals surface area contributed by atoms with Gasteiger partial charge in [-0.1, -0.05) is 20.8 Å². The molecule has 0 saturated carbocycles. The molecule has 7 nitrogen and oxygen atoms in total. The molecule has 0 bridgehead atoms. The van der Waals surface area contributed by atoms with Crippen LogP contribution in [-0.4, -0.2) is 82.4 Å². The van der Waals surface area contributed by atoms with Crippen molar-refractivity contribution in [2.45, 2.75) is 72.3 Å². The van der Waals surface area contributed by atoms with E-state index in [2.05, 4.69) is 52.4 Å². The van der Waals surface area contributed by atoms with Crippen molar-refractivity contribution < 1.29 is 4.79 Å². The van der Waals surface area contributed by atoms with E-state index in [-0.39, 0.29) is 0 Å². The highest BCUT2D eigenvalue weighted by Crippen LogP contribution is 2.37. The van der Waals surface area contributed by atoms with Crippen LogP contribution in [0, 0.1) is 11.8 Å². The number of carbonyl (C=O) groups is 1. The number of aromatic nitrogens is 2. The van der Waals surface area contributed by atoms with Crippen LogP contribution in [-0.2, 0) is 17.6 Å². The summed E-state index contributed by atoms with van der Waals surface area (Å²) in [6, 6.07) is 0.539. The Balaban J connectivity index is 1.61. The summed E-state index contributed by atoms with van der Waals surface area (Å²) < 4.78 is 0. The lowest BCUT2D eigenvalue weighted by Gasteiger charge is -2.47. The van der Waals surface area contributed by atoms with Gasteiger partial charge in [-0.05, 0) is 82.6 Å². The first kappa shape index (κ1) is 24.9. The molecule has 1 saturated heterocycles. The molecule has 32 heavy (non-hydrogen) atoms.